The van der Waals surface area contributed by atoms with Gasteiger partial charge < -0.3 is 10.1 Å². The minimum Gasteiger partial charge on any atom is -0.476 e. The predicted molar refractivity (Wildman–Crippen MR) is 110 cm³/mol. The standard InChI is InChI=1S/C22H19FN2O4S/c23-18-11-5-4-8-16(18)14-24-22(26)21-15-25(19-12-6-7-13-20(19)29-21)30(27,28)17-9-2-1-3-10-17/h1-13,21H,14-15H2,(H,24,26). The third kappa shape index (κ3) is 3.86. The third-order valence-corrected chi connectivity index (χ3v) is 6.56. The molecule has 0 bridgehead atoms. The zero-order valence-corrected chi connectivity index (χ0v) is 16.7. The summed E-state index contributed by atoms with van der Waals surface area (Å²) < 4.78 is 47.2. The molecule has 1 unspecified atom stereocenters. The van der Waals surface area contributed by atoms with Gasteiger partial charge in [-0.15, -0.1) is 0 Å². The van der Waals surface area contributed by atoms with Gasteiger partial charge in [-0.3, -0.25) is 9.10 Å². The highest BCUT2D eigenvalue weighted by Crippen LogP contribution is 2.36. The molecule has 0 aliphatic carbocycles. The fourth-order valence-corrected chi connectivity index (χ4v) is 4.72. The average Bonchev–Trinajstić information content (AvgIpc) is 2.78. The highest BCUT2D eigenvalue weighted by molar-refractivity contribution is 7.92. The molecule has 1 N–H and O–H groups in total. The van der Waals surface area contributed by atoms with Crippen molar-refractivity contribution in [1.29, 1.82) is 0 Å². The zero-order valence-electron chi connectivity index (χ0n) is 15.9. The summed E-state index contributed by atoms with van der Waals surface area (Å²) in [6.07, 6.45) is -1.08. The second-order valence-corrected chi connectivity index (χ2v) is 8.59. The molecular weight excluding hydrogens is 407 g/mol. The van der Waals surface area contributed by atoms with Crippen LogP contribution in [0.2, 0.25) is 0 Å². The quantitative estimate of drug-likeness (QED) is 0.680. The SMILES string of the molecule is O=C(NCc1ccccc1F)C1CN(S(=O)(=O)c2ccccc2)c2ccccc2O1. The van der Waals surface area contributed by atoms with E-state index in [-0.39, 0.29) is 23.7 Å². The van der Waals surface area contributed by atoms with Crippen LogP contribution in [0.1, 0.15) is 5.56 Å². The van der Waals surface area contributed by atoms with E-state index in [1.165, 1.54) is 22.5 Å². The van der Waals surface area contributed by atoms with Crippen molar-refractivity contribution >= 4 is 21.6 Å². The summed E-state index contributed by atoms with van der Waals surface area (Å²) in [7, 11) is -3.90. The Morgan fingerprint density at radius 2 is 1.67 bits per heavy atom. The van der Waals surface area contributed by atoms with Crippen LogP contribution in [0.4, 0.5) is 10.1 Å². The highest BCUT2D eigenvalue weighted by atomic mass is 32.2. The van der Waals surface area contributed by atoms with E-state index in [1.54, 1.807) is 60.7 Å². The summed E-state index contributed by atoms with van der Waals surface area (Å²) in [6.45, 7) is -0.226. The maximum atomic E-state index is 13.8. The van der Waals surface area contributed by atoms with E-state index < -0.39 is 27.9 Å². The number of nitrogens with one attached hydrogen (secondary N) is 1. The second-order valence-electron chi connectivity index (χ2n) is 6.73. The van der Waals surface area contributed by atoms with Crippen LogP contribution in [0.15, 0.2) is 83.8 Å². The number of hydrogen-bond acceptors (Lipinski definition) is 4. The first-order valence-corrected chi connectivity index (χ1v) is 10.8. The lowest BCUT2D eigenvalue weighted by Gasteiger charge is -2.34. The summed E-state index contributed by atoms with van der Waals surface area (Å²) in [6, 6.07) is 20.8. The zero-order chi connectivity index (χ0) is 21.1. The largest absolute Gasteiger partial charge is 0.476 e. The fourth-order valence-electron chi connectivity index (χ4n) is 3.22. The van der Waals surface area contributed by atoms with Gasteiger partial charge in [-0.1, -0.05) is 48.5 Å². The molecule has 3 aromatic rings. The van der Waals surface area contributed by atoms with Crippen molar-refractivity contribution in [2.75, 3.05) is 10.8 Å². The number of para-hydroxylation sites is 2. The van der Waals surface area contributed by atoms with Crippen molar-refractivity contribution < 1.29 is 22.3 Å². The minimum absolute atomic E-state index is 0.0293. The first kappa shape index (κ1) is 19.9. The van der Waals surface area contributed by atoms with E-state index >= 15 is 0 Å². The van der Waals surface area contributed by atoms with Crippen LogP contribution in [0.3, 0.4) is 0 Å². The van der Waals surface area contributed by atoms with Crippen LogP contribution in [0.5, 0.6) is 5.75 Å². The molecule has 1 heterocycles. The third-order valence-electron chi connectivity index (χ3n) is 4.77. The van der Waals surface area contributed by atoms with Gasteiger partial charge in [0.25, 0.3) is 15.9 Å². The smallest absolute Gasteiger partial charge is 0.264 e. The van der Waals surface area contributed by atoms with E-state index in [4.69, 9.17) is 4.74 Å². The van der Waals surface area contributed by atoms with Gasteiger partial charge in [-0.2, -0.15) is 0 Å². The van der Waals surface area contributed by atoms with Crippen LogP contribution in [-0.4, -0.2) is 27.0 Å². The molecule has 8 heteroatoms. The van der Waals surface area contributed by atoms with Crippen LogP contribution in [0.25, 0.3) is 0 Å². The van der Waals surface area contributed by atoms with Crippen molar-refractivity contribution in [1.82, 2.24) is 5.32 Å². The summed E-state index contributed by atoms with van der Waals surface area (Å²) in [5.74, 6) is -0.670. The average molecular weight is 426 g/mol. The molecule has 30 heavy (non-hydrogen) atoms. The molecule has 0 saturated heterocycles. The van der Waals surface area contributed by atoms with Gasteiger partial charge in [0, 0.05) is 12.1 Å². The molecule has 1 atom stereocenters. The first-order chi connectivity index (χ1) is 14.5. The lowest BCUT2D eigenvalue weighted by molar-refractivity contribution is -0.127. The van der Waals surface area contributed by atoms with E-state index in [0.29, 0.717) is 11.3 Å². The Morgan fingerprint density at radius 1 is 1.00 bits per heavy atom. The topological polar surface area (TPSA) is 75.7 Å². The lowest BCUT2D eigenvalue weighted by atomic mass is 10.2. The van der Waals surface area contributed by atoms with E-state index in [9.17, 15) is 17.6 Å². The Morgan fingerprint density at radius 3 is 2.43 bits per heavy atom. The Kier molecular flexibility index (Phi) is 5.41. The van der Waals surface area contributed by atoms with Crippen molar-refractivity contribution in [3.05, 3.63) is 90.2 Å². The Balaban J connectivity index is 1.60. The molecular formula is C22H19FN2O4S. The van der Waals surface area contributed by atoms with Gasteiger partial charge in [0.2, 0.25) is 0 Å². The number of fused-ring (bicyclic) bond motifs is 1. The van der Waals surface area contributed by atoms with Crippen LogP contribution < -0.4 is 14.4 Å². The number of anilines is 1. The van der Waals surface area contributed by atoms with E-state index in [1.807, 2.05) is 0 Å². The normalized spacial score (nSPS) is 15.8. The van der Waals surface area contributed by atoms with Crippen LogP contribution in [0, 0.1) is 5.82 Å². The maximum Gasteiger partial charge on any atom is 0.264 e. The summed E-state index contributed by atoms with van der Waals surface area (Å²) in [5.41, 5.74) is 0.690. The number of carbonyl (C=O) groups is 1. The molecule has 0 aromatic heterocycles. The summed E-state index contributed by atoms with van der Waals surface area (Å²) in [4.78, 5) is 12.8. The molecule has 1 aliphatic heterocycles. The summed E-state index contributed by atoms with van der Waals surface area (Å²) in [5, 5.41) is 2.63. The van der Waals surface area contributed by atoms with Gasteiger partial charge in [-0.05, 0) is 30.3 Å². The van der Waals surface area contributed by atoms with Gasteiger partial charge in [0.15, 0.2) is 6.10 Å². The van der Waals surface area contributed by atoms with E-state index in [0.717, 1.165) is 0 Å². The number of rotatable bonds is 5. The van der Waals surface area contributed by atoms with E-state index in [2.05, 4.69) is 5.32 Å². The number of benzene rings is 3. The maximum absolute atomic E-state index is 13.8. The first-order valence-electron chi connectivity index (χ1n) is 9.31. The Labute approximate surface area is 174 Å². The predicted octanol–water partition coefficient (Wildman–Crippen LogP) is 3.10. The fraction of sp³-hybridized carbons (Fsp3) is 0.136. The molecule has 3 aromatic carbocycles. The number of amides is 1. The molecule has 1 aliphatic rings. The Hall–Kier alpha value is -3.39. The minimum atomic E-state index is -3.90. The lowest BCUT2D eigenvalue weighted by Crippen LogP contribution is -2.50. The molecule has 6 nitrogen and oxygen atoms in total. The van der Waals surface area contributed by atoms with Crippen LogP contribution in [-0.2, 0) is 21.4 Å². The van der Waals surface area contributed by atoms with Gasteiger partial charge in [-0.25, -0.2) is 12.8 Å². The highest BCUT2D eigenvalue weighted by Gasteiger charge is 2.37. The Bertz CT molecular complexity index is 1170. The molecule has 1 amide bonds. The second kappa shape index (κ2) is 8.16. The van der Waals surface area contributed by atoms with Crippen molar-refractivity contribution in [3.63, 3.8) is 0 Å². The number of nitrogens with zero attached hydrogens (tertiary/aromatic N) is 1. The van der Waals surface area contributed by atoms with Gasteiger partial charge in [0.1, 0.15) is 11.6 Å². The number of halogens is 1. The van der Waals surface area contributed by atoms with Crippen LogP contribution >= 0.6 is 0 Å². The van der Waals surface area contributed by atoms with Crippen molar-refractivity contribution in [2.24, 2.45) is 0 Å². The molecule has 0 fully saturated rings. The number of hydrogen-bond donors (Lipinski definition) is 1. The molecule has 0 saturated carbocycles. The molecule has 154 valence electrons. The van der Waals surface area contributed by atoms with Crippen molar-refractivity contribution in [2.45, 2.75) is 17.5 Å². The molecule has 0 spiro atoms. The number of ether oxygens (including phenoxy) is 1. The molecule has 4 rings (SSSR count). The van der Waals surface area contributed by atoms with Gasteiger partial charge in [0.05, 0.1) is 17.1 Å². The van der Waals surface area contributed by atoms with Crippen molar-refractivity contribution in [3.8, 4) is 5.75 Å². The number of carbonyl (C=O) groups excluding carboxylic acids is 1. The van der Waals surface area contributed by atoms with Gasteiger partial charge >= 0.3 is 0 Å². The summed E-state index contributed by atoms with van der Waals surface area (Å²) >= 11 is 0. The number of sulfonamides is 1. The monoisotopic (exact) mass is 426 g/mol. The molecule has 0 radical (unpaired) electrons.